The molecule has 2 saturated heterocycles. The van der Waals surface area contributed by atoms with Crippen molar-refractivity contribution >= 4 is 35.3 Å². The van der Waals surface area contributed by atoms with Crippen molar-refractivity contribution in [3.63, 3.8) is 0 Å². The molecule has 2 aliphatic rings. The third-order valence-electron chi connectivity index (χ3n) is 6.05. The number of piperidine rings is 1. The summed E-state index contributed by atoms with van der Waals surface area (Å²) in [6, 6.07) is 8.15. The van der Waals surface area contributed by atoms with E-state index in [1.807, 2.05) is 54.7 Å². The monoisotopic (exact) mass is 493 g/mol. The molecule has 33 heavy (non-hydrogen) atoms. The summed E-state index contributed by atoms with van der Waals surface area (Å²) in [5, 5.41) is 3.12. The van der Waals surface area contributed by atoms with Gasteiger partial charge in [0, 0.05) is 32.1 Å². The standard InChI is InChI=1S/C25H39N3O3S2/c1-25(2,18-27(3)4)17-26-23(30)19-10-12-28(13-11-19)22(29)16-31-21-8-6-20(7-9-21)24-32-14-5-15-33-24/h6-9,19,24H,5,10-18H2,1-4H3,(H,26,30). The highest BCUT2D eigenvalue weighted by Gasteiger charge is 2.29. The second-order valence-electron chi connectivity index (χ2n) is 10.1. The fourth-order valence-electron chi connectivity index (χ4n) is 4.41. The number of hydrogen-bond donors (Lipinski definition) is 1. The smallest absolute Gasteiger partial charge is 0.260 e. The molecule has 1 aromatic rings. The zero-order chi connectivity index (χ0) is 23.8. The maximum atomic E-state index is 12.6. The van der Waals surface area contributed by atoms with Gasteiger partial charge in [-0.3, -0.25) is 9.59 Å². The summed E-state index contributed by atoms with van der Waals surface area (Å²) in [5.74, 6) is 3.25. The van der Waals surface area contributed by atoms with E-state index in [0.717, 1.165) is 12.3 Å². The van der Waals surface area contributed by atoms with Gasteiger partial charge in [0.2, 0.25) is 5.91 Å². The van der Waals surface area contributed by atoms with E-state index in [0.29, 0.717) is 37.1 Å². The average Bonchev–Trinajstić information content (AvgIpc) is 2.81. The first-order valence-electron chi connectivity index (χ1n) is 11.9. The molecule has 0 saturated carbocycles. The number of hydrogen-bond acceptors (Lipinski definition) is 6. The van der Waals surface area contributed by atoms with Gasteiger partial charge >= 0.3 is 0 Å². The minimum atomic E-state index is -0.0202. The Kier molecular flexibility index (Phi) is 9.82. The lowest BCUT2D eigenvalue weighted by Gasteiger charge is -2.33. The average molecular weight is 494 g/mol. The number of likely N-dealkylation sites (tertiary alicyclic amines) is 1. The minimum Gasteiger partial charge on any atom is -0.484 e. The van der Waals surface area contributed by atoms with Gasteiger partial charge in [-0.1, -0.05) is 26.0 Å². The van der Waals surface area contributed by atoms with Crippen molar-refractivity contribution in [1.29, 1.82) is 0 Å². The predicted octanol–water partition coefficient (Wildman–Crippen LogP) is 3.88. The quantitative estimate of drug-likeness (QED) is 0.563. The Labute approximate surface area is 207 Å². The van der Waals surface area contributed by atoms with Crippen LogP contribution in [-0.2, 0) is 9.59 Å². The second kappa shape index (κ2) is 12.4. The molecule has 0 spiro atoms. The number of nitrogens with one attached hydrogen (secondary N) is 1. The van der Waals surface area contributed by atoms with Crippen LogP contribution in [0.3, 0.4) is 0 Å². The van der Waals surface area contributed by atoms with E-state index in [9.17, 15) is 9.59 Å². The molecule has 2 amide bonds. The molecule has 2 aliphatic heterocycles. The van der Waals surface area contributed by atoms with Crippen molar-refractivity contribution in [2.45, 2.75) is 37.7 Å². The van der Waals surface area contributed by atoms with Crippen LogP contribution in [0.15, 0.2) is 24.3 Å². The van der Waals surface area contributed by atoms with Crippen LogP contribution >= 0.6 is 23.5 Å². The van der Waals surface area contributed by atoms with Gasteiger partial charge in [-0.15, -0.1) is 23.5 Å². The maximum Gasteiger partial charge on any atom is 0.260 e. The van der Waals surface area contributed by atoms with Crippen LogP contribution in [0.5, 0.6) is 5.75 Å². The summed E-state index contributed by atoms with van der Waals surface area (Å²) < 4.78 is 6.26. The van der Waals surface area contributed by atoms with Gasteiger partial charge in [-0.25, -0.2) is 0 Å². The van der Waals surface area contributed by atoms with Gasteiger partial charge in [0.1, 0.15) is 5.75 Å². The summed E-state index contributed by atoms with van der Waals surface area (Å²) in [7, 11) is 4.09. The SMILES string of the molecule is CN(C)CC(C)(C)CNC(=O)C1CCN(C(=O)COc2ccc(C3SCCCS3)cc2)CC1. The van der Waals surface area contributed by atoms with Gasteiger partial charge in [0.25, 0.3) is 5.91 Å². The van der Waals surface area contributed by atoms with Crippen LogP contribution in [0.1, 0.15) is 43.3 Å². The van der Waals surface area contributed by atoms with Gasteiger partial charge in [-0.05, 0) is 68.0 Å². The van der Waals surface area contributed by atoms with E-state index < -0.39 is 0 Å². The van der Waals surface area contributed by atoms with Gasteiger partial charge in [-0.2, -0.15) is 0 Å². The van der Waals surface area contributed by atoms with Crippen molar-refractivity contribution in [3.05, 3.63) is 29.8 Å². The molecular formula is C25H39N3O3S2. The number of nitrogens with zero attached hydrogens (tertiary/aromatic N) is 2. The molecule has 0 atom stereocenters. The molecule has 0 bridgehead atoms. The fourth-order valence-corrected chi connectivity index (χ4v) is 7.31. The van der Waals surface area contributed by atoms with Crippen LogP contribution < -0.4 is 10.1 Å². The van der Waals surface area contributed by atoms with E-state index in [1.54, 1.807) is 0 Å². The lowest BCUT2D eigenvalue weighted by molar-refractivity contribution is -0.137. The highest BCUT2D eigenvalue weighted by atomic mass is 32.2. The predicted molar refractivity (Wildman–Crippen MR) is 139 cm³/mol. The topological polar surface area (TPSA) is 61.9 Å². The Morgan fingerprint density at radius 2 is 1.76 bits per heavy atom. The molecule has 0 unspecified atom stereocenters. The van der Waals surface area contributed by atoms with Gasteiger partial charge in [0.05, 0.1) is 4.58 Å². The molecule has 1 N–H and O–H groups in total. The number of carbonyl (C=O) groups is 2. The highest BCUT2D eigenvalue weighted by molar-refractivity contribution is 8.16. The van der Waals surface area contributed by atoms with Crippen LogP contribution in [0.25, 0.3) is 0 Å². The molecule has 0 radical (unpaired) electrons. The van der Waals surface area contributed by atoms with E-state index >= 15 is 0 Å². The molecule has 0 aromatic heterocycles. The van der Waals surface area contributed by atoms with Crippen molar-refractivity contribution in [2.75, 3.05) is 58.4 Å². The third-order valence-corrected chi connectivity index (χ3v) is 9.06. The van der Waals surface area contributed by atoms with Crippen LogP contribution in [0.4, 0.5) is 0 Å². The Balaban J connectivity index is 1.37. The Bertz CT molecular complexity index is 772. The summed E-state index contributed by atoms with van der Waals surface area (Å²) in [4.78, 5) is 29.2. The molecule has 2 heterocycles. The molecular weight excluding hydrogens is 454 g/mol. The van der Waals surface area contributed by atoms with Crippen molar-refractivity contribution in [1.82, 2.24) is 15.1 Å². The number of thioether (sulfide) groups is 2. The minimum absolute atomic E-state index is 0.0107. The Hall–Kier alpha value is -1.38. The van der Waals surface area contributed by atoms with Gasteiger partial charge in [0.15, 0.2) is 6.61 Å². The first-order chi connectivity index (χ1) is 15.7. The van der Waals surface area contributed by atoms with E-state index in [1.165, 1.54) is 23.5 Å². The summed E-state index contributed by atoms with van der Waals surface area (Å²) >= 11 is 4.00. The van der Waals surface area contributed by atoms with Crippen LogP contribution in [0.2, 0.25) is 0 Å². The summed E-state index contributed by atoms with van der Waals surface area (Å²) in [6.07, 6.45) is 2.69. The van der Waals surface area contributed by atoms with Crippen molar-refractivity contribution in [3.8, 4) is 5.75 Å². The summed E-state index contributed by atoms with van der Waals surface area (Å²) in [6.45, 7) is 7.16. The van der Waals surface area contributed by atoms with E-state index in [2.05, 4.69) is 36.2 Å². The molecule has 1 aromatic carbocycles. The maximum absolute atomic E-state index is 12.6. The van der Waals surface area contributed by atoms with Crippen molar-refractivity contribution < 1.29 is 14.3 Å². The lowest BCUT2D eigenvalue weighted by Crippen LogP contribution is -2.46. The first kappa shape index (κ1) is 26.2. The highest BCUT2D eigenvalue weighted by Crippen LogP contribution is 2.43. The number of rotatable bonds is 9. The largest absolute Gasteiger partial charge is 0.484 e. The lowest BCUT2D eigenvalue weighted by atomic mass is 9.91. The molecule has 3 rings (SSSR count). The Morgan fingerprint density at radius 3 is 2.36 bits per heavy atom. The normalized spacial score (nSPS) is 18.4. The molecule has 8 heteroatoms. The van der Waals surface area contributed by atoms with E-state index in [4.69, 9.17) is 4.74 Å². The van der Waals surface area contributed by atoms with Crippen LogP contribution in [-0.4, -0.2) is 80.0 Å². The fraction of sp³-hybridized carbons (Fsp3) is 0.680. The Morgan fingerprint density at radius 1 is 1.12 bits per heavy atom. The number of benzene rings is 1. The van der Waals surface area contributed by atoms with E-state index in [-0.39, 0.29) is 29.8 Å². The second-order valence-corrected chi connectivity index (χ2v) is 12.8. The molecule has 0 aliphatic carbocycles. The van der Waals surface area contributed by atoms with Gasteiger partial charge < -0.3 is 19.9 Å². The number of ether oxygens (including phenoxy) is 1. The third kappa shape index (κ3) is 8.41. The summed E-state index contributed by atoms with van der Waals surface area (Å²) in [5.41, 5.74) is 1.34. The molecule has 184 valence electrons. The molecule has 2 fully saturated rings. The van der Waals surface area contributed by atoms with Crippen molar-refractivity contribution in [2.24, 2.45) is 11.3 Å². The van der Waals surface area contributed by atoms with Crippen LogP contribution in [0, 0.1) is 11.3 Å². The number of amides is 2. The molecule has 6 nitrogen and oxygen atoms in total. The zero-order valence-corrected chi connectivity index (χ0v) is 22.1. The first-order valence-corrected chi connectivity index (χ1v) is 14.0. The number of carbonyl (C=O) groups excluding carboxylic acids is 2. The zero-order valence-electron chi connectivity index (χ0n) is 20.5.